The Morgan fingerprint density at radius 1 is 0.786 bits per heavy atom. The number of aryl methyl sites for hydroxylation is 2. The zero-order valence-corrected chi connectivity index (χ0v) is 16.6. The minimum Gasteiger partial charge on any atom is -0.209 e. The lowest BCUT2D eigenvalue weighted by Crippen LogP contribution is -2.51. The fourth-order valence-corrected chi connectivity index (χ4v) is 4.46. The van der Waals surface area contributed by atoms with Gasteiger partial charge in [-0.15, -0.1) is 0 Å². The molecule has 0 saturated carbocycles. The maximum Gasteiger partial charge on any atom is 0.406 e. The van der Waals surface area contributed by atoms with Crippen molar-refractivity contribution in [2.24, 2.45) is 0 Å². The fourth-order valence-electron chi connectivity index (χ4n) is 2.19. The van der Waals surface area contributed by atoms with Gasteiger partial charge in [-0.3, -0.25) is 0 Å². The molecule has 2 rings (SSSR count). The van der Waals surface area contributed by atoms with Crippen molar-refractivity contribution in [2.75, 3.05) is 6.54 Å². The molecule has 0 heterocycles. The highest BCUT2D eigenvalue weighted by atomic mass is 32.2. The van der Waals surface area contributed by atoms with Crippen molar-refractivity contribution >= 4 is 20.0 Å². The van der Waals surface area contributed by atoms with Gasteiger partial charge < -0.3 is 0 Å². The van der Waals surface area contributed by atoms with Gasteiger partial charge in [0, 0.05) is 6.54 Å². The van der Waals surface area contributed by atoms with Crippen LogP contribution in [0.2, 0.25) is 0 Å². The van der Waals surface area contributed by atoms with Crippen molar-refractivity contribution in [2.45, 2.75) is 35.9 Å². The molecule has 0 aliphatic heterocycles. The van der Waals surface area contributed by atoms with Gasteiger partial charge in [-0.2, -0.15) is 17.9 Å². The molecule has 2 aromatic carbocycles. The summed E-state index contributed by atoms with van der Waals surface area (Å²) in [7, 11) is -8.75. The molecule has 2 N–H and O–H groups in total. The standard InChI is InChI=1S/C17H19F3N2O4S2/c1-12-3-7-14(8-4-12)27(23,24)21-11-16(17(18,19)20)22-28(25,26)15-9-5-13(2)6-10-15/h3-10,16,21-22H,11H2,1-2H3. The number of alkyl halides is 3. The second-order valence-electron chi connectivity index (χ2n) is 6.19. The first-order chi connectivity index (χ1) is 12.8. The van der Waals surface area contributed by atoms with Crippen LogP contribution in [-0.4, -0.2) is 35.6 Å². The van der Waals surface area contributed by atoms with E-state index in [4.69, 9.17) is 0 Å². The van der Waals surface area contributed by atoms with Crippen molar-refractivity contribution in [3.05, 3.63) is 59.7 Å². The van der Waals surface area contributed by atoms with E-state index in [9.17, 15) is 30.0 Å². The molecule has 1 atom stereocenters. The predicted molar refractivity (Wildman–Crippen MR) is 97.7 cm³/mol. The molecule has 0 bridgehead atoms. The Bertz CT molecular complexity index is 1020. The van der Waals surface area contributed by atoms with E-state index < -0.39 is 38.8 Å². The first-order valence-corrected chi connectivity index (χ1v) is 11.0. The minimum absolute atomic E-state index is 0.222. The molecule has 0 aromatic heterocycles. The summed E-state index contributed by atoms with van der Waals surface area (Å²) < 4.78 is 92.1. The Hall–Kier alpha value is -1.95. The first-order valence-electron chi connectivity index (χ1n) is 8.03. The van der Waals surface area contributed by atoms with E-state index in [1.165, 1.54) is 53.3 Å². The van der Waals surface area contributed by atoms with E-state index in [0.29, 0.717) is 0 Å². The van der Waals surface area contributed by atoms with E-state index in [1.807, 2.05) is 4.72 Å². The van der Waals surface area contributed by atoms with Gasteiger partial charge >= 0.3 is 6.18 Å². The molecule has 0 saturated heterocycles. The molecule has 0 aliphatic rings. The van der Waals surface area contributed by atoms with Crippen LogP contribution >= 0.6 is 0 Å². The van der Waals surface area contributed by atoms with E-state index in [2.05, 4.69) is 0 Å². The van der Waals surface area contributed by atoms with Gasteiger partial charge in [0.25, 0.3) is 0 Å². The second kappa shape index (κ2) is 8.19. The normalized spacial score (nSPS) is 14.0. The first kappa shape index (κ1) is 22.3. The molecule has 154 valence electrons. The van der Waals surface area contributed by atoms with Gasteiger partial charge in [0.1, 0.15) is 6.04 Å². The molecule has 1 unspecified atom stereocenters. The van der Waals surface area contributed by atoms with E-state index in [0.717, 1.165) is 11.1 Å². The highest BCUT2D eigenvalue weighted by molar-refractivity contribution is 7.90. The summed E-state index contributed by atoms with van der Waals surface area (Å²) in [5, 5.41) is 0. The van der Waals surface area contributed by atoms with Crippen LogP contribution in [0.5, 0.6) is 0 Å². The topological polar surface area (TPSA) is 92.3 Å². The summed E-state index contributed by atoms with van der Waals surface area (Å²) in [5.41, 5.74) is 1.51. The lowest BCUT2D eigenvalue weighted by molar-refractivity contribution is -0.149. The summed E-state index contributed by atoms with van der Waals surface area (Å²) in [6.07, 6.45) is -5.01. The largest absolute Gasteiger partial charge is 0.406 e. The third kappa shape index (κ3) is 5.77. The molecule has 0 fully saturated rings. The zero-order valence-electron chi connectivity index (χ0n) is 15.0. The van der Waals surface area contributed by atoms with Crippen LogP contribution in [-0.2, 0) is 20.0 Å². The summed E-state index contributed by atoms with van der Waals surface area (Å²) in [5.74, 6) is 0. The maximum atomic E-state index is 13.3. The van der Waals surface area contributed by atoms with E-state index in [-0.39, 0.29) is 9.79 Å². The predicted octanol–water partition coefficient (Wildman–Crippen LogP) is 2.49. The zero-order chi connectivity index (χ0) is 21.2. The second-order valence-corrected chi connectivity index (χ2v) is 9.67. The van der Waals surface area contributed by atoms with Crippen molar-refractivity contribution in [3.8, 4) is 0 Å². The van der Waals surface area contributed by atoms with Gasteiger partial charge in [0.15, 0.2) is 0 Å². The Kier molecular flexibility index (Phi) is 6.54. The molecule has 2 aromatic rings. The summed E-state index contributed by atoms with van der Waals surface area (Å²) >= 11 is 0. The molecule has 6 nitrogen and oxygen atoms in total. The molecular weight excluding hydrogens is 417 g/mol. The van der Waals surface area contributed by atoms with Crippen molar-refractivity contribution < 1.29 is 30.0 Å². The summed E-state index contributed by atoms with van der Waals surface area (Å²) in [6.45, 7) is 2.23. The van der Waals surface area contributed by atoms with Gasteiger partial charge in [0.2, 0.25) is 20.0 Å². The van der Waals surface area contributed by atoms with Crippen molar-refractivity contribution in [1.29, 1.82) is 0 Å². The molecule has 28 heavy (non-hydrogen) atoms. The number of rotatable bonds is 7. The van der Waals surface area contributed by atoms with Crippen LogP contribution in [0, 0.1) is 13.8 Å². The average Bonchev–Trinajstić information content (AvgIpc) is 2.58. The van der Waals surface area contributed by atoms with Gasteiger partial charge in [-0.25, -0.2) is 21.6 Å². The van der Waals surface area contributed by atoms with Crippen molar-refractivity contribution in [3.63, 3.8) is 0 Å². The van der Waals surface area contributed by atoms with Crippen LogP contribution in [0.4, 0.5) is 13.2 Å². The average molecular weight is 436 g/mol. The van der Waals surface area contributed by atoms with Gasteiger partial charge in [-0.05, 0) is 38.1 Å². The van der Waals surface area contributed by atoms with E-state index >= 15 is 0 Å². The monoisotopic (exact) mass is 436 g/mol. The highest BCUT2D eigenvalue weighted by Crippen LogP contribution is 2.22. The summed E-state index contributed by atoms with van der Waals surface area (Å²) in [6, 6.07) is 8.07. The quantitative estimate of drug-likeness (QED) is 0.698. The smallest absolute Gasteiger partial charge is 0.209 e. The molecule has 0 spiro atoms. The van der Waals surface area contributed by atoms with Crippen LogP contribution in [0.15, 0.2) is 58.3 Å². The molecule has 0 amide bonds. The van der Waals surface area contributed by atoms with Crippen LogP contribution in [0.3, 0.4) is 0 Å². The molecule has 0 aliphatic carbocycles. The third-order valence-corrected chi connectivity index (χ3v) is 6.76. The molecule has 0 radical (unpaired) electrons. The number of hydrogen-bond acceptors (Lipinski definition) is 4. The Morgan fingerprint density at radius 3 is 1.57 bits per heavy atom. The lowest BCUT2D eigenvalue weighted by atomic mass is 10.2. The maximum absolute atomic E-state index is 13.3. The van der Waals surface area contributed by atoms with Crippen molar-refractivity contribution in [1.82, 2.24) is 9.44 Å². The number of benzene rings is 2. The number of sulfonamides is 2. The number of hydrogen-bond donors (Lipinski definition) is 2. The molecular formula is C17H19F3N2O4S2. The van der Waals surface area contributed by atoms with Crippen LogP contribution in [0.25, 0.3) is 0 Å². The van der Waals surface area contributed by atoms with Gasteiger partial charge in [0.05, 0.1) is 9.79 Å². The highest BCUT2D eigenvalue weighted by Gasteiger charge is 2.43. The third-order valence-electron chi connectivity index (χ3n) is 3.83. The Morgan fingerprint density at radius 2 is 1.18 bits per heavy atom. The van der Waals surface area contributed by atoms with Gasteiger partial charge in [-0.1, -0.05) is 35.4 Å². The van der Waals surface area contributed by atoms with E-state index in [1.54, 1.807) is 13.8 Å². The Balaban J connectivity index is 2.20. The van der Waals surface area contributed by atoms with Crippen LogP contribution < -0.4 is 9.44 Å². The lowest BCUT2D eigenvalue weighted by Gasteiger charge is -2.22. The minimum atomic E-state index is -5.01. The molecule has 11 heteroatoms. The number of nitrogens with one attached hydrogen (secondary N) is 2. The summed E-state index contributed by atoms with van der Waals surface area (Å²) in [4.78, 5) is -0.575. The SMILES string of the molecule is Cc1ccc(S(=O)(=O)NCC(NS(=O)(=O)c2ccc(C)cc2)C(F)(F)F)cc1. The fraction of sp³-hybridized carbons (Fsp3) is 0.294. The number of halogens is 3. The Labute approximate surface area is 161 Å². The van der Waals surface area contributed by atoms with Crippen LogP contribution in [0.1, 0.15) is 11.1 Å².